The van der Waals surface area contributed by atoms with E-state index in [-0.39, 0.29) is 21.0 Å². The molecule has 5 aromatic rings. The van der Waals surface area contributed by atoms with Crippen LogP contribution in [0.1, 0.15) is 5.56 Å². The summed E-state index contributed by atoms with van der Waals surface area (Å²) in [6.07, 6.45) is 3.07. The van der Waals surface area contributed by atoms with E-state index in [1.54, 1.807) is 54.7 Å². The third kappa shape index (κ3) is 3.69. The van der Waals surface area contributed by atoms with Gasteiger partial charge in [-0.25, -0.2) is 17.8 Å². The second-order valence-corrected chi connectivity index (χ2v) is 9.63. The number of rotatable bonds is 5. The maximum absolute atomic E-state index is 14.7. The lowest BCUT2D eigenvalue weighted by Crippen LogP contribution is -2.05. The molecule has 0 aliphatic carbocycles. The van der Waals surface area contributed by atoms with Crippen molar-refractivity contribution in [3.05, 3.63) is 84.4 Å². The zero-order valence-electron chi connectivity index (χ0n) is 18.3. The Labute approximate surface area is 195 Å². The number of pyridine rings is 1. The molecule has 0 bridgehead atoms. The zero-order chi connectivity index (χ0) is 23.9. The molecule has 3 heterocycles. The molecule has 0 spiro atoms. The topological polar surface area (TPSA) is 97.8 Å². The van der Waals surface area contributed by atoms with E-state index in [1.165, 1.54) is 25.4 Å². The number of aromatic amines is 1. The second-order valence-electron chi connectivity index (χ2n) is 7.71. The fourth-order valence-electron chi connectivity index (χ4n) is 3.72. The lowest BCUT2D eigenvalue weighted by molar-refractivity contribution is 0.412. The van der Waals surface area contributed by atoms with Gasteiger partial charge in [0.2, 0.25) is 9.84 Å². The molecule has 3 aromatic heterocycles. The Morgan fingerprint density at radius 2 is 1.74 bits per heavy atom. The number of halogens is 1. The number of fused-ring (bicyclic) bond motifs is 1. The van der Waals surface area contributed by atoms with Crippen LogP contribution in [0.25, 0.3) is 33.5 Å². The Kier molecular flexibility index (Phi) is 5.33. The zero-order valence-corrected chi connectivity index (χ0v) is 19.1. The van der Waals surface area contributed by atoms with Gasteiger partial charge in [0.15, 0.2) is 0 Å². The highest BCUT2D eigenvalue weighted by molar-refractivity contribution is 7.91. The first-order valence-electron chi connectivity index (χ1n) is 10.3. The van der Waals surface area contributed by atoms with Crippen molar-refractivity contribution in [2.75, 3.05) is 7.11 Å². The quantitative estimate of drug-likeness (QED) is 0.386. The van der Waals surface area contributed by atoms with Crippen LogP contribution < -0.4 is 4.74 Å². The Balaban J connectivity index is 1.82. The molecule has 0 radical (unpaired) electrons. The Bertz CT molecular complexity index is 1630. The predicted octanol–water partition coefficient (Wildman–Crippen LogP) is 4.98. The van der Waals surface area contributed by atoms with Crippen LogP contribution in [0.2, 0.25) is 0 Å². The fraction of sp³-hybridized carbons (Fsp3) is 0.0800. The lowest BCUT2D eigenvalue weighted by atomic mass is 10.1. The van der Waals surface area contributed by atoms with Crippen molar-refractivity contribution in [1.29, 1.82) is 0 Å². The maximum Gasteiger partial charge on any atom is 0.208 e. The van der Waals surface area contributed by atoms with Crippen molar-refractivity contribution in [1.82, 2.24) is 20.2 Å². The van der Waals surface area contributed by atoms with Crippen molar-refractivity contribution in [3.63, 3.8) is 0 Å². The standard InChI is InChI=1S/C25H19FN4O3S/c1-15-7-9-17(10-8-15)34(31,32)23-12-21(18-5-3-4-6-20(18)26)29-24-19(14-27-25(23)24)22-11-16(33-2)13-28-30-22/h3-14,27H,1-2H3. The van der Waals surface area contributed by atoms with Gasteiger partial charge >= 0.3 is 0 Å². The number of methoxy groups -OCH3 is 1. The van der Waals surface area contributed by atoms with Gasteiger partial charge in [0, 0.05) is 23.4 Å². The highest BCUT2D eigenvalue weighted by atomic mass is 32.2. The van der Waals surface area contributed by atoms with Gasteiger partial charge in [-0.2, -0.15) is 10.2 Å². The molecular formula is C25H19FN4O3S. The first kappa shape index (κ1) is 21.7. The summed E-state index contributed by atoms with van der Waals surface area (Å²) in [4.78, 5) is 7.78. The molecule has 1 N–H and O–H groups in total. The van der Waals surface area contributed by atoms with Crippen molar-refractivity contribution in [3.8, 4) is 28.3 Å². The van der Waals surface area contributed by atoms with E-state index in [9.17, 15) is 12.8 Å². The molecule has 7 nitrogen and oxygen atoms in total. The minimum absolute atomic E-state index is 0.0123. The van der Waals surface area contributed by atoms with Gasteiger partial charge in [0.05, 0.1) is 39.8 Å². The van der Waals surface area contributed by atoms with E-state index >= 15 is 0 Å². The Morgan fingerprint density at radius 3 is 2.47 bits per heavy atom. The highest BCUT2D eigenvalue weighted by Gasteiger charge is 2.26. The van der Waals surface area contributed by atoms with Crippen molar-refractivity contribution in [2.45, 2.75) is 16.7 Å². The van der Waals surface area contributed by atoms with Gasteiger partial charge in [-0.15, -0.1) is 0 Å². The number of aryl methyl sites for hydroxylation is 1. The molecule has 0 unspecified atom stereocenters. The number of benzene rings is 2. The molecule has 0 aliphatic heterocycles. The summed E-state index contributed by atoms with van der Waals surface area (Å²) < 4.78 is 47.3. The van der Waals surface area contributed by atoms with E-state index in [2.05, 4.69) is 20.2 Å². The van der Waals surface area contributed by atoms with Crippen LogP contribution in [-0.4, -0.2) is 35.7 Å². The minimum Gasteiger partial charge on any atom is -0.495 e. The number of H-pyrrole nitrogens is 1. The number of ether oxygens (including phenoxy) is 1. The molecule has 0 saturated carbocycles. The summed E-state index contributed by atoms with van der Waals surface area (Å²) >= 11 is 0. The summed E-state index contributed by atoms with van der Waals surface area (Å²) in [6.45, 7) is 1.88. The molecule has 0 fully saturated rings. The minimum atomic E-state index is -3.96. The molecule has 0 amide bonds. The molecule has 34 heavy (non-hydrogen) atoms. The van der Waals surface area contributed by atoms with Gasteiger partial charge in [-0.3, -0.25) is 0 Å². The Morgan fingerprint density at radius 1 is 0.971 bits per heavy atom. The fourth-order valence-corrected chi connectivity index (χ4v) is 5.16. The third-order valence-corrected chi connectivity index (χ3v) is 7.30. The van der Waals surface area contributed by atoms with E-state index in [4.69, 9.17) is 4.74 Å². The van der Waals surface area contributed by atoms with E-state index in [1.807, 2.05) is 6.92 Å². The van der Waals surface area contributed by atoms with Crippen LogP contribution in [0.15, 0.2) is 82.8 Å². The maximum atomic E-state index is 14.7. The molecule has 0 aliphatic rings. The first-order chi connectivity index (χ1) is 16.4. The van der Waals surface area contributed by atoms with Gasteiger partial charge < -0.3 is 9.72 Å². The number of sulfone groups is 1. The van der Waals surface area contributed by atoms with Crippen LogP contribution in [-0.2, 0) is 9.84 Å². The van der Waals surface area contributed by atoms with E-state index in [0.29, 0.717) is 28.0 Å². The third-order valence-electron chi connectivity index (χ3n) is 5.51. The van der Waals surface area contributed by atoms with Crippen LogP contribution in [0, 0.1) is 12.7 Å². The summed E-state index contributed by atoms with van der Waals surface area (Å²) in [5.41, 5.74) is 2.88. The molecule has 2 aromatic carbocycles. The summed E-state index contributed by atoms with van der Waals surface area (Å²) in [5.74, 6) is -0.0246. The SMILES string of the molecule is COc1cnnc(-c2c[nH]c3c(S(=O)(=O)c4ccc(C)cc4)cc(-c4ccccc4F)nc23)c1. The smallest absolute Gasteiger partial charge is 0.208 e. The summed E-state index contributed by atoms with van der Waals surface area (Å²) in [5, 5.41) is 8.09. The average molecular weight is 475 g/mol. The van der Waals surface area contributed by atoms with Gasteiger partial charge in [0.1, 0.15) is 17.3 Å². The van der Waals surface area contributed by atoms with Crippen LogP contribution in [0.3, 0.4) is 0 Å². The van der Waals surface area contributed by atoms with E-state index < -0.39 is 15.7 Å². The summed E-state index contributed by atoms with van der Waals surface area (Å²) in [7, 11) is -2.45. The lowest BCUT2D eigenvalue weighted by Gasteiger charge is -2.10. The van der Waals surface area contributed by atoms with Crippen molar-refractivity contribution < 1.29 is 17.5 Å². The van der Waals surface area contributed by atoms with Gasteiger partial charge in [-0.1, -0.05) is 29.8 Å². The molecule has 5 rings (SSSR count). The van der Waals surface area contributed by atoms with Crippen LogP contribution in [0.4, 0.5) is 4.39 Å². The molecule has 170 valence electrons. The van der Waals surface area contributed by atoms with Crippen molar-refractivity contribution in [2.24, 2.45) is 0 Å². The number of aromatic nitrogens is 4. The largest absolute Gasteiger partial charge is 0.495 e. The number of nitrogens with one attached hydrogen (secondary N) is 1. The molecule has 9 heteroatoms. The highest BCUT2D eigenvalue weighted by Crippen LogP contribution is 2.36. The van der Waals surface area contributed by atoms with Crippen LogP contribution >= 0.6 is 0 Å². The van der Waals surface area contributed by atoms with E-state index in [0.717, 1.165) is 5.56 Å². The number of hydrogen-bond acceptors (Lipinski definition) is 6. The normalized spacial score (nSPS) is 11.6. The molecule has 0 saturated heterocycles. The molecule has 0 atom stereocenters. The van der Waals surface area contributed by atoms with Gasteiger partial charge in [-0.05, 0) is 37.3 Å². The summed E-state index contributed by atoms with van der Waals surface area (Å²) in [6, 6.07) is 15.7. The number of nitrogens with zero attached hydrogens (tertiary/aromatic N) is 3. The number of hydrogen-bond donors (Lipinski definition) is 1. The predicted molar refractivity (Wildman–Crippen MR) is 126 cm³/mol. The van der Waals surface area contributed by atoms with Crippen molar-refractivity contribution >= 4 is 20.9 Å². The monoisotopic (exact) mass is 474 g/mol. The van der Waals surface area contributed by atoms with Crippen LogP contribution in [0.5, 0.6) is 5.75 Å². The second kappa shape index (κ2) is 8.35. The van der Waals surface area contributed by atoms with Gasteiger partial charge in [0.25, 0.3) is 0 Å². The molecular weight excluding hydrogens is 455 g/mol. The first-order valence-corrected chi connectivity index (χ1v) is 11.8. The average Bonchev–Trinajstić information content (AvgIpc) is 3.28. The Hall–Kier alpha value is -4.11.